The Labute approximate surface area is 196 Å². The summed E-state index contributed by atoms with van der Waals surface area (Å²) in [6, 6.07) is 0.134. The van der Waals surface area contributed by atoms with E-state index in [0.717, 1.165) is 6.07 Å². The van der Waals surface area contributed by atoms with Crippen LogP contribution in [0.15, 0.2) is 10.5 Å². The fourth-order valence-electron chi connectivity index (χ4n) is 3.81. The molecule has 32 heavy (non-hydrogen) atoms. The minimum absolute atomic E-state index is 0.0415. The van der Waals surface area contributed by atoms with Crippen LogP contribution >= 0.6 is 27.5 Å². The van der Waals surface area contributed by atoms with E-state index in [2.05, 4.69) is 25.9 Å². The zero-order valence-corrected chi connectivity index (χ0v) is 20.4. The van der Waals surface area contributed by atoms with Crippen molar-refractivity contribution in [3.63, 3.8) is 0 Å². The summed E-state index contributed by atoms with van der Waals surface area (Å²) in [5.41, 5.74) is -2.19. The van der Waals surface area contributed by atoms with Crippen molar-refractivity contribution in [3.05, 3.63) is 27.2 Å². The molecule has 1 fully saturated rings. The van der Waals surface area contributed by atoms with Crippen molar-refractivity contribution in [2.45, 2.75) is 58.0 Å². The van der Waals surface area contributed by atoms with E-state index in [9.17, 15) is 22.4 Å². The number of alkyl halides is 3. The van der Waals surface area contributed by atoms with Gasteiger partial charge in [-0.15, -0.1) is 0 Å². The highest BCUT2D eigenvalue weighted by Crippen LogP contribution is 2.41. The number of anilines is 1. The molecule has 0 bridgehead atoms. The second-order valence-electron chi connectivity index (χ2n) is 8.64. The molecule has 1 amide bonds. The predicted molar refractivity (Wildman–Crippen MR) is 116 cm³/mol. The molecule has 2 heterocycles. The van der Waals surface area contributed by atoms with Crippen molar-refractivity contribution in [1.29, 1.82) is 0 Å². The predicted octanol–water partition coefficient (Wildman–Crippen LogP) is 6.04. The zero-order valence-electron chi connectivity index (χ0n) is 18.0. The van der Waals surface area contributed by atoms with Crippen molar-refractivity contribution in [2.24, 2.45) is 0 Å². The Kier molecular flexibility index (Phi) is 6.56. The Morgan fingerprint density at radius 1 is 1.31 bits per heavy atom. The van der Waals surface area contributed by atoms with Crippen LogP contribution in [0, 0.1) is 5.82 Å². The Morgan fingerprint density at radius 3 is 2.50 bits per heavy atom. The van der Waals surface area contributed by atoms with Gasteiger partial charge in [-0.25, -0.2) is 14.2 Å². The van der Waals surface area contributed by atoms with Gasteiger partial charge in [-0.3, -0.25) is 0 Å². The lowest BCUT2D eigenvalue weighted by Gasteiger charge is -2.33. The Hall–Kier alpha value is -1.88. The molecule has 0 spiro atoms. The van der Waals surface area contributed by atoms with Gasteiger partial charge in [-0.05, 0) is 67.7 Å². The molecule has 12 heteroatoms. The van der Waals surface area contributed by atoms with Crippen LogP contribution in [-0.2, 0) is 10.9 Å². The summed E-state index contributed by atoms with van der Waals surface area (Å²) in [6.45, 7) is 7.47. The van der Waals surface area contributed by atoms with E-state index in [1.54, 1.807) is 44.5 Å². The van der Waals surface area contributed by atoms with Gasteiger partial charge in [0.1, 0.15) is 16.9 Å². The van der Waals surface area contributed by atoms with E-state index < -0.39 is 33.7 Å². The number of hydrogen-bond acceptors (Lipinski definition) is 5. The Balaban J connectivity index is 2.04. The number of amides is 1. The van der Waals surface area contributed by atoms with E-state index in [1.807, 2.05) is 0 Å². The molecule has 6 nitrogen and oxygen atoms in total. The molecule has 1 aromatic heterocycles. The third kappa shape index (κ3) is 4.73. The largest absolute Gasteiger partial charge is 0.444 e. The van der Waals surface area contributed by atoms with Crippen LogP contribution in [0.4, 0.5) is 28.2 Å². The van der Waals surface area contributed by atoms with Gasteiger partial charge in [0, 0.05) is 19.0 Å². The van der Waals surface area contributed by atoms with Crippen LogP contribution in [0.2, 0.25) is 5.28 Å². The standard InChI is InChI=1S/C20H22BrClF4N4O2/c1-9-12(6-7-30(9)18(31)32-19(2,3)4)29(5)16-10-8-11(20(24,25)26)13(21)14(23)15(10)27-17(22)28-16/h8-9,12H,6-7H2,1-5H3/t9-,12+/m0/s1. The number of likely N-dealkylation sites (N-methyl/N-ethyl adjacent to an activating group) is 1. The molecular weight excluding hydrogens is 520 g/mol. The van der Waals surface area contributed by atoms with Crippen molar-refractivity contribution < 1.29 is 27.1 Å². The molecule has 0 unspecified atom stereocenters. The van der Waals surface area contributed by atoms with Crippen molar-refractivity contribution in [2.75, 3.05) is 18.5 Å². The number of fused-ring (bicyclic) bond motifs is 1. The highest BCUT2D eigenvalue weighted by atomic mass is 79.9. The SMILES string of the molecule is C[C@H]1[C@H](N(C)c2nc(Cl)nc3c(F)c(Br)c(C(F)(F)F)cc23)CCN1C(=O)OC(C)(C)C. The van der Waals surface area contributed by atoms with Gasteiger partial charge in [0.25, 0.3) is 0 Å². The maximum atomic E-state index is 14.8. The monoisotopic (exact) mass is 540 g/mol. The molecule has 0 radical (unpaired) electrons. The summed E-state index contributed by atoms with van der Waals surface area (Å²) in [6.07, 6.45) is -4.77. The molecule has 0 aliphatic carbocycles. The summed E-state index contributed by atoms with van der Waals surface area (Å²) in [7, 11) is 1.62. The van der Waals surface area contributed by atoms with Gasteiger partial charge < -0.3 is 14.5 Å². The first-order valence-corrected chi connectivity index (χ1v) is 10.9. The van der Waals surface area contributed by atoms with Crippen LogP contribution in [0.1, 0.15) is 39.7 Å². The summed E-state index contributed by atoms with van der Waals surface area (Å²) in [4.78, 5) is 23.6. The molecule has 2 aromatic rings. The van der Waals surface area contributed by atoms with Crippen LogP contribution in [-0.4, -0.2) is 52.2 Å². The highest BCUT2D eigenvalue weighted by molar-refractivity contribution is 9.10. The van der Waals surface area contributed by atoms with E-state index in [0.29, 0.717) is 13.0 Å². The van der Waals surface area contributed by atoms with Gasteiger partial charge in [0.2, 0.25) is 5.28 Å². The number of aromatic nitrogens is 2. The van der Waals surface area contributed by atoms with Crippen LogP contribution in [0.5, 0.6) is 0 Å². The normalized spacial score (nSPS) is 19.5. The lowest BCUT2D eigenvalue weighted by Crippen LogP contribution is -2.45. The Morgan fingerprint density at radius 2 is 1.94 bits per heavy atom. The lowest BCUT2D eigenvalue weighted by molar-refractivity contribution is -0.138. The van der Waals surface area contributed by atoms with Crippen LogP contribution in [0.3, 0.4) is 0 Å². The molecule has 176 valence electrons. The summed E-state index contributed by atoms with van der Waals surface area (Å²) in [5, 5.41) is -0.438. The molecule has 1 saturated heterocycles. The zero-order chi connectivity index (χ0) is 24.2. The number of carbonyl (C=O) groups is 1. The second kappa shape index (κ2) is 8.48. The van der Waals surface area contributed by atoms with Gasteiger partial charge in [-0.1, -0.05) is 0 Å². The molecule has 3 rings (SSSR count). The first kappa shape index (κ1) is 24.8. The smallest absolute Gasteiger partial charge is 0.417 e. The molecule has 0 N–H and O–H groups in total. The van der Waals surface area contributed by atoms with Gasteiger partial charge >= 0.3 is 12.3 Å². The summed E-state index contributed by atoms with van der Waals surface area (Å²) in [5.74, 6) is -1.14. The number of nitrogens with zero attached hydrogens (tertiary/aromatic N) is 4. The summed E-state index contributed by atoms with van der Waals surface area (Å²) < 4.78 is 59.9. The fraction of sp³-hybridized carbons (Fsp3) is 0.550. The lowest BCUT2D eigenvalue weighted by atomic mass is 10.1. The molecule has 1 aliphatic heterocycles. The molecule has 1 aliphatic rings. The van der Waals surface area contributed by atoms with E-state index in [1.165, 1.54) is 0 Å². The number of hydrogen-bond donors (Lipinski definition) is 0. The molecule has 0 saturated carbocycles. The van der Waals surface area contributed by atoms with E-state index in [-0.39, 0.29) is 34.1 Å². The number of halogens is 6. The quantitative estimate of drug-likeness (QED) is 0.343. The van der Waals surface area contributed by atoms with Crippen LogP contribution in [0.25, 0.3) is 10.9 Å². The minimum atomic E-state index is -4.79. The van der Waals surface area contributed by atoms with Crippen LogP contribution < -0.4 is 4.90 Å². The number of rotatable bonds is 2. The first-order chi connectivity index (χ1) is 14.6. The van der Waals surface area contributed by atoms with Gasteiger partial charge in [-0.2, -0.15) is 18.2 Å². The number of ether oxygens (including phenoxy) is 1. The number of benzene rings is 1. The maximum absolute atomic E-state index is 14.8. The highest BCUT2D eigenvalue weighted by Gasteiger charge is 2.40. The minimum Gasteiger partial charge on any atom is -0.444 e. The average Bonchev–Trinajstić information content (AvgIpc) is 3.03. The Bertz CT molecular complexity index is 1060. The average molecular weight is 542 g/mol. The summed E-state index contributed by atoms with van der Waals surface area (Å²) >= 11 is 8.66. The van der Waals surface area contributed by atoms with Gasteiger partial charge in [0.15, 0.2) is 5.82 Å². The molecule has 2 atom stereocenters. The molecular formula is C20H22BrClF4N4O2. The van der Waals surface area contributed by atoms with Gasteiger partial charge in [0.05, 0.1) is 22.1 Å². The van der Waals surface area contributed by atoms with E-state index >= 15 is 0 Å². The third-order valence-electron chi connectivity index (χ3n) is 5.30. The molecule has 1 aromatic carbocycles. The first-order valence-electron chi connectivity index (χ1n) is 9.76. The second-order valence-corrected chi connectivity index (χ2v) is 9.77. The number of carbonyl (C=O) groups excluding carboxylic acids is 1. The van der Waals surface area contributed by atoms with Crippen molar-refractivity contribution in [1.82, 2.24) is 14.9 Å². The maximum Gasteiger partial charge on any atom is 0.417 e. The van der Waals surface area contributed by atoms with E-state index in [4.69, 9.17) is 16.3 Å². The fourth-order valence-corrected chi connectivity index (χ4v) is 4.50. The van der Waals surface area contributed by atoms with Crippen molar-refractivity contribution in [3.8, 4) is 0 Å². The topological polar surface area (TPSA) is 58.6 Å². The van der Waals surface area contributed by atoms with Crippen molar-refractivity contribution >= 4 is 50.3 Å². The third-order valence-corrected chi connectivity index (χ3v) is 6.25. The number of likely N-dealkylation sites (tertiary alicyclic amines) is 1.